The quantitative estimate of drug-likeness (QED) is 0.616. The largest absolute Gasteiger partial charge is 0.385 e. The van der Waals surface area contributed by atoms with Gasteiger partial charge in [-0.3, -0.25) is 0 Å². The number of allylic oxidation sites excluding steroid dienone is 3. The highest BCUT2D eigenvalue weighted by molar-refractivity contribution is 5.31. The van der Waals surface area contributed by atoms with Crippen molar-refractivity contribution in [1.29, 1.82) is 0 Å². The summed E-state index contributed by atoms with van der Waals surface area (Å²) in [6.45, 7) is 15.3. The van der Waals surface area contributed by atoms with Crippen molar-refractivity contribution in [3.63, 3.8) is 0 Å². The molecule has 1 heteroatoms. The van der Waals surface area contributed by atoms with Gasteiger partial charge in [-0.1, -0.05) is 44.2 Å². The minimum atomic E-state index is -0.640. The lowest BCUT2D eigenvalue weighted by molar-refractivity contribution is -0.107. The summed E-state index contributed by atoms with van der Waals surface area (Å²) in [5.74, 6) is 3.81. The van der Waals surface area contributed by atoms with Crippen molar-refractivity contribution >= 4 is 0 Å². The number of fused-ring (bicyclic) bond motifs is 5. The number of aliphatic hydroxyl groups is 1. The van der Waals surface area contributed by atoms with Crippen LogP contribution in [-0.2, 0) is 0 Å². The Labute approximate surface area is 147 Å². The number of hydrogen-bond acceptors (Lipinski definition) is 1. The molecule has 0 aromatic rings. The van der Waals surface area contributed by atoms with Gasteiger partial charge >= 0.3 is 0 Å². The van der Waals surface area contributed by atoms with Gasteiger partial charge in [-0.2, -0.15) is 0 Å². The van der Waals surface area contributed by atoms with Crippen LogP contribution in [0.2, 0.25) is 0 Å². The van der Waals surface area contributed by atoms with E-state index in [-0.39, 0.29) is 5.41 Å². The molecule has 0 heterocycles. The molecule has 0 aromatic heterocycles. The van der Waals surface area contributed by atoms with Crippen molar-refractivity contribution in [2.45, 2.75) is 71.3 Å². The zero-order chi connectivity index (χ0) is 17.3. The molecule has 3 saturated carbocycles. The van der Waals surface area contributed by atoms with Crippen LogP contribution in [0.1, 0.15) is 65.7 Å². The third-order valence-corrected chi connectivity index (χ3v) is 8.62. The molecule has 0 aromatic carbocycles. The summed E-state index contributed by atoms with van der Waals surface area (Å²) in [6.07, 6.45) is 10.7. The molecule has 7 atom stereocenters. The van der Waals surface area contributed by atoms with Gasteiger partial charge < -0.3 is 5.11 Å². The minimum Gasteiger partial charge on any atom is -0.385 e. The highest BCUT2D eigenvalue weighted by atomic mass is 16.3. The van der Waals surface area contributed by atoms with Crippen LogP contribution >= 0.6 is 0 Å². The summed E-state index contributed by atoms with van der Waals surface area (Å²) in [7, 11) is 0. The molecule has 0 saturated heterocycles. The van der Waals surface area contributed by atoms with E-state index in [1.807, 2.05) is 6.92 Å². The predicted octanol–water partition coefficient (Wildman–Crippen LogP) is 5.67. The van der Waals surface area contributed by atoms with E-state index in [2.05, 4.69) is 33.1 Å². The molecule has 3 fully saturated rings. The maximum atomic E-state index is 11.4. The summed E-state index contributed by atoms with van der Waals surface area (Å²) in [4.78, 5) is 0. The lowest BCUT2D eigenvalue weighted by atomic mass is 9.48. The van der Waals surface area contributed by atoms with Crippen molar-refractivity contribution < 1.29 is 5.11 Å². The van der Waals surface area contributed by atoms with Gasteiger partial charge in [0, 0.05) is 5.41 Å². The Morgan fingerprint density at radius 3 is 2.71 bits per heavy atom. The topological polar surface area (TPSA) is 20.2 Å². The van der Waals surface area contributed by atoms with E-state index in [1.54, 1.807) is 5.57 Å². The van der Waals surface area contributed by atoms with Crippen LogP contribution < -0.4 is 0 Å². The molecule has 4 aliphatic carbocycles. The average molecular weight is 327 g/mol. The Balaban J connectivity index is 1.70. The van der Waals surface area contributed by atoms with Crippen LogP contribution in [-0.4, -0.2) is 10.7 Å². The lowest BCUT2D eigenvalue weighted by Gasteiger charge is -2.58. The van der Waals surface area contributed by atoms with Gasteiger partial charge in [0.2, 0.25) is 0 Å². The molecule has 132 valence electrons. The highest BCUT2D eigenvalue weighted by Gasteiger charge is 2.63. The van der Waals surface area contributed by atoms with E-state index in [4.69, 9.17) is 0 Å². The molecule has 24 heavy (non-hydrogen) atoms. The molecule has 4 rings (SSSR count). The van der Waals surface area contributed by atoms with Crippen molar-refractivity contribution in [2.75, 3.05) is 0 Å². The van der Waals surface area contributed by atoms with E-state index < -0.39 is 5.60 Å². The fourth-order valence-electron chi connectivity index (χ4n) is 7.41. The third kappa shape index (κ3) is 2.03. The Kier molecular flexibility index (Phi) is 3.70. The fourth-order valence-corrected chi connectivity index (χ4v) is 7.41. The first-order chi connectivity index (χ1) is 11.3. The smallest absolute Gasteiger partial charge is 0.0907 e. The second kappa shape index (κ2) is 5.34. The normalized spacial score (nSPS) is 50.6. The monoisotopic (exact) mass is 326 g/mol. The van der Waals surface area contributed by atoms with Gasteiger partial charge in [-0.05, 0) is 87.0 Å². The summed E-state index contributed by atoms with van der Waals surface area (Å²) in [5.41, 5.74) is 3.42. The van der Waals surface area contributed by atoms with E-state index in [0.29, 0.717) is 5.92 Å². The molecule has 0 amide bonds. The van der Waals surface area contributed by atoms with E-state index in [9.17, 15) is 5.11 Å². The molecule has 0 radical (unpaired) electrons. The Morgan fingerprint density at radius 2 is 2.00 bits per heavy atom. The molecule has 1 N–H and O–H groups in total. The summed E-state index contributed by atoms with van der Waals surface area (Å²) in [6, 6.07) is 0. The minimum absolute atomic E-state index is 0.0355. The first kappa shape index (κ1) is 16.6. The molecule has 0 bridgehead atoms. The molecular formula is C23H34O. The van der Waals surface area contributed by atoms with Crippen molar-refractivity contribution in [3.05, 3.63) is 36.0 Å². The van der Waals surface area contributed by atoms with E-state index in [0.717, 1.165) is 35.7 Å². The molecule has 2 unspecified atom stereocenters. The van der Waals surface area contributed by atoms with Gasteiger partial charge in [-0.15, -0.1) is 0 Å². The molecular weight excluding hydrogens is 292 g/mol. The lowest BCUT2D eigenvalue weighted by Crippen LogP contribution is -2.54. The standard InChI is InChI=1S/C23H34O/c1-14(2)23(24)11-9-20-21-16(4)13-17-12-15(3)6-7-18(17)19(21)8-10-22(20,23)5/h12,16,18-21,24H,1,3,6-11,13H2,2,4-5H3/t16?,18-,19+,20-,21+,22-,23?/m0/s1. The van der Waals surface area contributed by atoms with Crippen LogP contribution in [0.5, 0.6) is 0 Å². The van der Waals surface area contributed by atoms with E-state index >= 15 is 0 Å². The second-order valence-corrected chi connectivity index (χ2v) is 9.69. The van der Waals surface area contributed by atoms with Crippen molar-refractivity contribution in [3.8, 4) is 0 Å². The Hall–Kier alpha value is -0.820. The van der Waals surface area contributed by atoms with Crippen LogP contribution in [0.4, 0.5) is 0 Å². The summed E-state index contributed by atoms with van der Waals surface area (Å²) < 4.78 is 0. The van der Waals surface area contributed by atoms with Gasteiger partial charge in [0.25, 0.3) is 0 Å². The van der Waals surface area contributed by atoms with Crippen molar-refractivity contribution in [2.24, 2.45) is 35.0 Å². The van der Waals surface area contributed by atoms with Crippen LogP contribution in [0.15, 0.2) is 36.0 Å². The van der Waals surface area contributed by atoms with Gasteiger partial charge in [0.15, 0.2) is 0 Å². The summed E-state index contributed by atoms with van der Waals surface area (Å²) in [5, 5.41) is 11.4. The average Bonchev–Trinajstić information content (AvgIpc) is 2.80. The molecule has 1 nitrogen and oxygen atoms in total. The zero-order valence-corrected chi connectivity index (χ0v) is 15.8. The summed E-state index contributed by atoms with van der Waals surface area (Å²) >= 11 is 0. The number of rotatable bonds is 1. The Morgan fingerprint density at radius 1 is 1.25 bits per heavy atom. The predicted molar refractivity (Wildman–Crippen MR) is 101 cm³/mol. The van der Waals surface area contributed by atoms with E-state index in [1.165, 1.54) is 44.1 Å². The molecule has 0 spiro atoms. The first-order valence-electron chi connectivity index (χ1n) is 10.0. The maximum absolute atomic E-state index is 11.4. The third-order valence-electron chi connectivity index (χ3n) is 8.62. The van der Waals surface area contributed by atoms with Crippen LogP contribution in [0.25, 0.3) is 0 Å². The highest BCUT2D eigenvalue weighted by Crippen LogP contribution is 2.67. The fraction of sp³-hybridized carbons (Fsp3) is 0.739. The van der Waals surface area contributed by atoms with Crippen molar-refractivity contribution in [1.82, 2.24) is 0 Å². The molecule has 4 aliphatic rings. The van der Waals surface area contributed by atoms with Gasteiger partial charge in [0.1, 0.15) is 0 Å². The second-order valence-electron chi connectivity index (χ2n) is 9.69. The zero-order valence-electron chi connectivity index (χ0n) is 15.8. The Bertz CT molecular complexity index is 614. The van der Waals surface area contributed by atoms with Crippen LogP contribution in [0, 0.1) is 35.0 Å². The maximum Gasteiger partial charge on any atom is 0.0907 e. The van der Waals surface area contributed by atoms with Gasteiger partial charge in [0.05, 0.1) is 5.60 Å². The first-order valence-corrected chi connectivity index (χ1v) is 10.0. The SMILES string of the molecule is C=C1C=C2CC(C)[C@@H]3[C@H](CC[C@@]4(C)[C@H]3CCC4(O)C(=C)C)[C@H]2CC1. The van der Waals surface area contributed by atoms with Crippen LogP contribution in [0.3, 0.4) is 0 Å². The van der Waals surface area contributed by atoms with Gasteiger partial charge in [-0.25, -0.2) is 0 Å². The molecule has 0 aliphatic heterocycles. The number of hydrogen-bond donors (Lipinski definition) is 1.